The smallest absolute Gasteiger partial charge is 0.367 e. The summed E-state index contributed by atoms with van der Waals surface area (Å²) in [7, 11) is -4.64. The van der Waals surface area contributed by atoms with Crippen LogP contribution in [0.15, 0.2) is 30.3 Å². The highest BCUT2D eigenvalue weighted by Gasteiger charge is 2.31. The fourth-order valence-electron chi connectivity index (χ4n) is 5.41. The van der Waals surface area contributed by atoms with Crippen LogP contribution < -0.4 is 15.5 Å². The summed E-state index contributed by atoms with van der Waals surface area (Å²) in [6, 6.07) is 6.84. The number of phosphoric ester groups is 1. The average molecular weight is 683 g/mol. The number of hydrogen-bond donors (Lipinski definition) is 4. The van der Waals surface area contributed by atoms with Gasteiger partial charge in [0.15, 0.2) is 11.6 Å². The van der Waals surface area contributed by atoms with Crippen molar-refractivity contribution in [1.29, 1.82) is 0 Å². The molecule has 1 aliphatic heterocycles. The van der Waals surface area contributed by atoms with Crippen LogP contribution in [0.4, 0.5) is 33.3 Å². The molecule has 1 heterocycles. The second-order valence-corrected chi connectivity index (χ2v) is 12.6. The quantitative estimate of drug-likeness (QED) is 0.198. The molecule has 0 unspecified atom stereocenters. The van der Waals surface area contributed by atoms with E-state index in [1.807, 2.05) is 4.90 Å². The number of carbonyl (C=O) groups excluding carboxylic acids is 2. The first kappa shape index (κ1) is 35.1. The fourth-order valence-corrected chi connectivity index (χ4v) is 6.18. The Morgan fingerprint density at radius 2 is 1.67 bits per heavy atom. The standard InChI is InChI=1S/C28H33ClF5N4O6P/c29-19-4-8-22(23(15-19)38-13-11-37(12-14-38)10-9-28(32,33)34)36-27(40)21-7-3-18(24(30)25(21)31)16-35-26(39)17-1-5-20(6-2-17)44-45(41,42)43/h3-4,7-8,15,17,20H,1-2,5-6,9-14,16H2,(H,35,39)(H,36,40)(H2,41,42,43)/t17-,20+. The number of alkyl halides is 3. The van der Waals surface area contributed by atoms with Crippen LogP contribution in [0.3, 0.4) is 0 Å². The minimum Gasteiger partial charge on any atom is -0.367 e. The Kier molecular flexibility index (Phi) is 11.5. The van der Waals surface area contributed by atoms with Crippen molar-refractivity contribution in [2.75, 3.05) is 42.9 Å². The summed E-state index contributed by atoms with van der Waals surface area (Å²) in [5.74, 6) is -4.58. The van der Waals surface area contributed by atoms with Gasteiger partial charge >= 0.3 is 14.0 Å². The Morgan fingerprint density at radius 1 is 1.00 bits per heavy atom. The molecule has 2 aromatic carbocycles. The molecule has 45 heavy (non-hydrogen) atoms. The first-order valence-electron chi connectivity index (χ1n) is 14.2. The van der Waals surface area contributed by atoms with Gasteiger partial charge in [-0.1, -0.05) is 17.7 Å². The summed E-state index contributed by atoms with van der Waals surface area (Å²) in [4.78, 5) is 47.0. The summed E-state index contributed by atoms with van der Waals surface area (Å²) < 4.78 is 83.5. The van der Waals surface area contributed by atoms with Crippen molar-refractivity contribution in [1.82, 2.24) is 10.2 Å². The summed E-state index contributed by atoms with van der Waals surface area (Å²) in [6.45, 7) is 0.929. The highest BCUT2D eigenvalue weighted by Crippen LogP contribution is 2.41. The van der Waals surface area contributed by atoms with Gasteiger partial charge in [0.05, 0.1) is 29.5 Å². The fraction of sp³-hybridized carbons (Fsp3) is 0.500. The summed E-state index contributed by atoms with van der Waals surface area (Å²) in [5, 5.41) is 5.45. The maximum atomic E-state index is 15.0. The molecule has 0 bridgehead atoms. The lowest BCUT2D eigenvalue weighted by atomic mass is 9.87. The predicted octanol–water partition coefficient (Wildman–Crippen LogP) is 5.23. The number of nitrogens with zero attached hydrogens (tertiary/aromatic N) is 2. The molecule has 1 saturated carbocycles. The minimum atomic E-state index is -4.64. The van der Waals surface area contributed by atoms with Gasteiger partial charge in [0.25, 0.3) is 5.91 Å². The number of benzene rings is 2. The number of amides is 2. The topological polar surface area (TPSA) is 131 Å². The van der Waals surface area contributed by atoms with Crippen molar-refractivity contribution in [2.45, 2.75) is 50.9 Å². The molecule has 0 atom stereocenters. The third-order valence-corrected chi connectivity index (χ3v) is 8.63. The van der Waals surface area contributed by atoms with Crippen molar-refractivity contribution < 1.29 is 50.4 Å². The molecular formula is C28H33ClF5N4O6P. The zero-order chi connectivity index (χ0) is 32.9. The van der Waals surface area contributed by atoms with E-state index in [0.29, 0.717) is 49.7 Å². The molecule has 2 fully saturated rings. The molecule has 0 aromatic heterocycles. The van der Waals surface area contributed by atoms with Gasteiger partial charge in [-0.05, 0) is 49.9 Å². The number of phosphoric acid groups is 1. The summed E-state index contributed by atoms with van der Waals surface area (Å²) in [6.07, 6.45) is -4.74. The molecule has 1 saturated heterocycles. The van der Waals surface area contributed by atoms with Crippen LogP contribution >= 0.6 is 19.4 Å². The minimum absolute atomic E-state index is 0.126. The van der Waals surface area contributed by atoms with Gasteiger partial charge in [-0.25, -0.2) is 13.3 Å². The Balaban J connectivity index is 1.35. The van der Waals surface area contributed by atoms with Crippen LogP contribution in [0.25, 0.3) is 0 Å². The van der Waals surface area contributed by atoms with Gasteiger partial charge in [0, 0.05) is 55.8 Å². The van der Waals surface area contributed by atoms with Gasteiger partial charge in [0.1, 0.15) is 0 Å². The Bertz CT molecular complexity index is 1430. The van der Waals surface area contributed by atoms with Gasteiger partial charge in [-0.2, -0.15) is 13.2 Å². The number of halogens is 6. The Hall–Kier alpha value is -2.81. The average Bonchev–Trinajstić information content (AvgIpc) is 2.97. The van der Waals surface area contributed by atoms with Crippen molar-refractivity contribution in [2.24, 2.45) is 5.92 Å². The van der Waals surface area contributed by atoms with Crippen LogP contribution in [0.2, 0.25) is 5.02 Å². The van der Waals surface area contributed by atoms with E-state index in [1.54, 1.807) is 11.0 Å². The van der Waals surface area contributed by atoms with E-state index >= 15 is 4.39 Å². The van der Waals surface area contributed by atoms with Gasteiger partial charge in [0.2, 0.25) is 5.91 Å². The second kappa shape index (κ2) is 14.7. The maximum Gasteiger partial charge on any atom is 0.469 e. The molecule has 2 aromatic rings. The summed E-state index contributed by atoms with van der Waals surface area (Å²) >= 11 is 6.16. The molecule has 4 N–H and O–H groups in total. The zero-order valence-corrected chi connectivity index (χ0v) is 25.6. The third-order valence-electron chi connectivity index (χ3n) is 7.82. The van der Waals surface area contributed by atoms with E-state index in [2.05, 4.69) is 15.2 Å². The molecule has 10 nitrogen and oxygen atoms in total. The SMILES string of the molecule is O=C(Nc1ccc(Cl)cc1N1CCN(CCC(F)(F)F)CC1)c1ccc(CNC(=O)[C@H]2CC[C@@H](OP(=O)(O)O)CC2)c(F)c1F. The van der Waals surface area contributed by atoms with Crippen LogP contribution in [0, 0.1) is 17.6 Å². The van der Waals surface area contributed by atoms with Gasteiger partial charge in [-0.15, -0.1) is 0 Å². The first-order chi connectivity index (χ1) is 21.1. The van der Waals surface area contributed by atoms with E-state index in [0.717, 1.165) is 6.07 Å². The lowest BCUT2D eigenvalue weighted by molar-refractivity contribution is -0.138. The van der Waals surface area contributed by atoms with E-state index < -0.39 is 61.5 Å². The normalized spacial score (nSPS) is 19.8. The second-order valence-electron chi connectivity index (χ2n) is 11.0. The lowest BCUT2D eigenvalue weighted by Gasteiger charge is -2.37. The summed E-state index contributed by atoms with van der Waals surface area (Å²) in [5.41, 5.74) is -0.0330. The van der Waals surface area contributed by atoms with Gasteiger partial charge in [-0.3, -0.25) is 19.0 Å². The number of nitrogens with one attached hydrogen (secondary N) is 2. The molecule has 0 radical (unpaired) electrons. The van der Waals surface area contributed by atoms with Crippen LogP contribution in [-0.2, 0) is 20.4 Å². The van der Waals surface area contributed by atoms with Crippen LogP contribution in [0.1, 0.15) is 48.0 Å². The Labute approximate surface area is 261 Å². The lowest BCUT2D eigenvalue weighted by Crippen LogP contribution is -2.47. The Morgan fingerprint density at radius 3 is 2.29 bits per heavy atom. The van der Waals surface area contributed by atoms with Crippen LogP contribution in [0.5, 0.6) is 0 Å². The largest absolute Gasteiger partial charge is 0.469 e. The van der Waals surface area contributed by atoms with Crippen LogP contribution in [-0.4, -0.2) is 71.5 Å². The molecule has 2 aliphatic rings. The monoisotopic (exact) mass is 682 g/mol. The zero-order valence-electron chi connectivity index (χ0n) is 24.0. The van der Waals surface area contributed by atoms with Crippen molar-refractivity contribution >= 4 is 42.6 Å². The van der Waals surface area contributed by atoms with Crippen molar-refractivity contribution in [3.8, 4) is 0 Å². The molecule has 4 rings (SSSR count). The highest BCUT2D eigenvalue weighted by molar-refractivity contribution is 7.46. The molecule has 1 aliphatic carbocycles. The molecule has 2 amide bonds. The number of hydrogen-bond acceptors (Lipinski definition) is 6. The molecule has 17 heteroatoms. The highest BCUT2D eigenvalue weighted by atomic mass is 35.5. The molecular weight excluding hydrogens is 650 g/mol. The third kappa shape index (κ3) is 10.1. The van der Waals surface area contributed by atoms with E-state index in [4.69, 9.17) is 21.4 Å². The van der Waals surface area contributed by atoms with E-state index in [-0.39, 0.29) is 37.2 Å². The van der Waals surface area contributed by atoms with E-state index in [9.17, 15) is 31.7 Å². The predicted molar refractivity (Wildman–Crippen MR) is 156 cm³/mol. The van der Waals surface area contributed by atoms with Crippen molar-refractivity contribution in [3.05, 3.63) is 58.1 Å². The van der Waals surface area contributed by atoms with E-state index in [1.165, 1.54) is 18.2 Å². The molecule has 0 spiro atoms. The van der Waals surface area contributed by atoms with Crippen molar-refractivity contribution in [3.63, 3.8) is 0 Å². The molecule has 248 valence electrons. The maximum absolute atomic E-state index is 15.0. The first-order valence-corrected chi connectivity index (χ1v) is 16.1. The number of anilines is 2. The number of carbonyl (C=O) groups is 2. The number of piperazine rings is 1. The number of rotatable bonds is 10. The van der Waals surface area contributed by atoms with Gasteiger partial charge < -0.3 is 25.3 Å².